The third-order valence-electron chi connectivity index (χ3n) is 5.49. The number of aliphatic carboxylic acids is 1. The van der Waals surface area contributed by atoms with Crippen LogP contribution in [0.5, 0.6) is 0 Å². The lowest BCUT2D eigenvalue weighted by Crippen LogP contribution is -2.53. The van der Waals surface area contributed by atoms with Gasteiger partial charge in [0.1, 0.15) is 0 Å². The number of anilines is 1. The molecule has 0 aromatic heterocycles. The smallest absolute Gasteiger partial charge is 0.226 e. The summed E-state index contributed by atoms with van der Waals surface area (Å²) in [4.78, 5) is 28.2. The van der Waals surface area contributed by atoms with E-state index in [-0.39, 0.29) is 5.91 Å². The highest BCUT2D eigenvalue weighted by molar-refractivity contribution is 6.30. The number of carbonyl (C=O) groups excluding carboxylic acids is 2. The second-order valence-corrected chi connectivity index (χ2v) is 7.50. The molecular weight excluding hydrogens is 340 g/mol. The number of aryl methyl sites for hydroxylation is 1. The first-order valence-electron chi connectivity index (χ1n) is 8.98. The standard InChI is InChI=1S/C19H25ClN2O3/c1-13-6-7-14(20)12-17(13)21-8-10-22(11-9-21)18(23)15-4-2-3-5-16(15)19(24)25/h6-7,12,15-16H,2-5,8-11H2,1H3,(H,24,25)/p-1/t15-,16-/m0/s1. The third-order valence-corrected chi connectivity index (χ3v) is 5.72. The van der Waals surface area contributed by atoms with Gasteiger partial charge in [-0.3, -0.25) is 4.79 Å². The van der Waals surface area contributed by atoms with E-state index in [0.29, 0.717) is 31.0 Å². The highest BCUT2D eigenvalue weighted by Gasteiger charge is 2.35. The van der Waals surface area contributed by atoms with Crippen LogP contribution in [0.1, 0.15) is 31.2 Å². The second kappa shape index (κ2) is 7.65. The van der Waals surface area contributed by atoms with Crippen LogP contribution in [0.3, 0.4) is 0 Å². The molecule has 136 valence electrons. The molecule has 1 saturated heterocycles. The topological polar surface area (TPSA) is 63.7 Å². The van der Waals surface area contributed by atoms with E-state index in [9.17, 15) is 14.7 Å². The lowest BCUT2D eigenvalue weighted by atomic mass is 9.78. The molecule has 0 spiro atoms. The summed E-state index contributed by atoms with van der Waals surface area (Å²) in [6.07, 6.45) is 3.00. The van der Waals surface area contributed by atoms with Gasteiger partial charge in [-0.2, -0.15) is 0 Å². The molecule has 1 aliphatic carbocycles. The maximum Gasteiger partial charge on any atom is 0.226 e. The van der Waals surface area contributed by atoms with E-state index < -0.39 is 17.8 Å². The zero-order valence-electron chi connectivity index (χ0n) is 14.5. The van der Waals surface area contributed by atoms with E-state index in [1.807, 2.05) is 23.1 Å². The number of carboxylic acid groups (broad SMARTS) is 1. The summed E-state index contributed by atoms with van der Waals surface area (Å²) in [7, 11) is 0. The second-order valence-electron chi connectivity index (χ2n) is 7.06. The molecule has 5 nitrogen and oxygen atoms in total. The average molecular weight is 364 g/mol. The van der Waals surface area contributed by atoms with Crippen LogP contribution in [0.4, 0.5) is 5.69 Å². The summed E-state index contributed by atoms with van der Waals surface area (Å²) in [6.45, 7) is 4.74. The highest BCUT2D eigenvalue weighted by atomic mass is 35.5. The Labute approximate surface area is 153 Å². The van der Waals surface area contributed by atoms with Crippen LogP contribution in [0, 0.1) is 18.8 Å². The Kier molecular flexibility index (Phi) is 5.52. The van der Waals surface area contributed by atoms with Crippen LogP contribution in [0.2, 0.25) is 5.02 Å². The van der Waals surface area contributed by atoms with E-state index >= 15 is 0 Å². The Morgan fingerprint density at radius 2 is 1.72 bits per heavy atom. The molecule has 1 aromatic carbocycles. The SMILES string of the molecule is Cc1ccc(Cl)cc1N1CCN(C(=O)[C@H]2CCCC[C@@H]2C(=O)[O-])CC1. The largest absolute Gasteiger partial charge is 0.550 e. The number of carbonyl (C=O) groups is 2. The molecule has 1 saturated carbocycles. The van der Waals surface area contributed by atoms with Gasteiger partial charge in [0.2, 0.25) is 5.91 Å². The minimum atomic E-state index is -1.08. The Bertz CT molecular complexity index is 656. The predicted octanol–water partition coefficient (Wildman–Crippen LogP) is 1.85. The van der Waals surface area contributed by atoms with Gasteiger partial charge >= 0.3 is 0 Å². The number of carboxylic acids is 1. The van der Waals surface area contributed by atoms with Gasteiger partial charge in [0.15, 0.2) is 0 Å². The first-order chi connectivity index (χ1) is 12.0. The van der Waals surface area contributed by atoms with Crippen molar-refractivity contribution in [3.63, 3.8) is 0 Å². The summed E-state index contributed by atoms with van der Waals surface area (Å²) in [6, 6.07) is 5.84. The van der Waals surface area contributed by atoms with Crippen molar-refractivity contribution in [3.05, 3.63) is 28.8 Å². The lowest BCUT2D eigenvalue weighted by Gasteiger charge is -2.40. The summed E-state index contributed by atoms with van der Waals surface area (Å²) in [5, 5.41) is 12.1. The van der Waals surface area contributed by atoms with Crippen molar-refractivity contribution >= 4 is 29.2 Å². The Morgan fingerprint density at radius 1 is 1.08 bits per heavy atom. The molecule has 2 atom stereocenters. The van der Waals surface area contributed by atoms with Crippen LogP contribution in [-0.2, 0) is 9.59 Å². The Morgan fingerprint density at radius 3 is 2.36 bits per heavy atom. The maximum absolute atomic E-state index is 12.8. The molecule has 0 unspecified atom stereocenters. The lowest BCUT2D eigenvalue weighted by molar-refractivity contribution is -0.314. The van der Waals surface area contributed by atoms with Crippen molar-refractivity contribution in [2.75, 3.05) is 31.1 Å². The zero-order valence-corrected chi connectivity index (χ0v) is 15.3. The van der Waals surface area contributed by atoms with Crippen molar-refractivity contribution in [1.82, 2.24) is 4.90 Å². The summed E-state index contributed by atoms with van der Waals surface area (Å²) >= 11 is 6.11. The zero-order chi connectivity index (χ0) is 18.0. The van der Waals surface area contributed by atoms with Crippen molar-refractivity contribution in [2.24, 2.45) is 11.8 Å². The molecular formula is C19H24ClN2O3-. The van der Waals surface area contributed by atoms with E-state index in [1.165, 1.54) is 0 Å². The molecule has 1 aromatic rings. The molecule has 1 heterocycles. The van der Waals surface area contributed by atoms with Gasteiger partial charge in [-0.25, -0.2) is 0 Å². The number of hydrogen-bond donors (Lipinski definition) is 0. The van der Waals surface area contributed by atoms with Crippen molar-refractivity contribution in [1.29, 1.82) is 0 Å². The van der Waals surface area contributed by atoms with E-state index in [1.54, 1.807) is 0 Å². The van der Waals surface area contributed by atoms with Crippen molar-refractivity contribution < 1.29 is 14.7 Å². The molecule has 6 heteroatoms. The Balaban J connectivity index is 1.64. The van der Waals surface area contributed by atoms with Crippen molar-refractivity contribution in [2.45, 2.75) is 32.6 Å². The minimum Gasteiger partial charge on any atom is -0.550 e. The number of hydrogen-bond acceptors (Lipinski definition) is 4. The number of benzene rings is 1. The quantitative estimate of drug-likeness (QED) is 0.822. The summed E-state index contributed by atoms with van der Waals surface area (Å²) < 4.78 is 0. The number of halogens is 1. The average Bonchev–Trinajstić information content (AvgIpc) is 2.63. The normalized spacial score (nSPS) is 24.2. The van der Waals surface area contributed by atoms with Crippen LogP contribution in [0.15, 0.2) is 18.2 Å². The van der Waals surface area contributed by atoms with Gasteiger partial charge in [-0.05, 0) is 37.5 Å². The maximum atomic E-state index is 12.8. The fourth-order valence-electron chi connectivity index (χ4n) is 4.03. The van der Waals surface area contributed by atoms with Gasteiger partial charge in [0.05, 0.1) is 0 Å². The molecule has 0 N–H and O–H groups in total. The minimum absolute atomic E-state index is 0.0173. The van der Waals surface area contributed by atoms with E-state index in [2.05, 4.69) is 11.8 Å². The van der Waals surface area contributed by atoms with Crippen molar-refractivity contribution in [3.8, 4) is 0 Å². The molecule has 25 heavy (non-hydrogen) atoms. The molecule has 0 bridgehead atoms. The monoisotopic (exact) mass is 363 g/mol. The van der Waals surface area contributed by atoms with Gasteiger partial charge in [0.25, 0.3) is 0 Å². The number of piperazine rings is 1. The van der Waals surface area contributed by atoms with Gasteiger partial charge in [-0.15, -0.1) is 0 Å². The predicted molar refractivity (Wildman–Crippen MR) is 95.4 cm³/mol. The first-order valence-corrected chi connectivity index (χ1v) is 9.36. The molecule has 1 amide bonds. The first kappa shape index (κ1) is 18.1. The number of rotatable bonds is 3. The van der Waals surface area contributed by atoms with Gasteiger partial charge < -0.3 is 19.7 Å². The summed E-state index contributed by atoms with van der Waals surface area (Å²) in [5.41, 5.74) is 2.26. The van der Waals surface area contributed by atoms with E-state index in [4.69, 9.17) is 11.6 Å². The molecule has 2 fully saturated rings. The van der Waals surface area contributed by atoms with Crippen LogP contribution in [0.25, 0.3) is 0 Å². The van der Waals surface area contributed by atoms with Crippen LogP contribution < -0.4 is 10.0 Å². The molecule has 1 aliphatic heterocycles. The highest BCUT2D eigenvalue weighted by Crippen LogP contribution is 2.32. The third kappa shape index (κ3) is 3.92. The summed E-state index contributed by atoms with van der Waals surface area (Å²) in [5.74, 6) is -2.14. The van der Waals surface area contributed by atoms with Crippen LogP contribution in [-0.4, -0.2) is 43.0 Å². The molecule has 2 aliphatic rings. The fraction of sp³-hybridized carbons (Fsp3) is 0.579. The molecule has 3 rings (SSSR count). The van der Waals surface area contributed by atoms with Gasteiger partial charge in [-0.1, -0.05) is 30.5 Å². The number of nitrogens with zero attached hydrogens (tertiary/aromatic N) is 2. The van der Waals surface area contributed by atoms with Gasteiger partial charge in [0, 0.05) is 54.7 Å². The molecule has 0 radical (unpaired) electrons. The number of amides is 1. The fourth-order valence-corrected chi connectivity index (χ4v) is 4.20. The van der Waals surface area contributed by atoms with E-state index in [0.717, 1.165) is 37.2 Å². The Hall–Kier alpha value is -1.75. The van der Waals surface area contributed by atoms with Crippen LogP contribution >= 0.6 is 11.6 Å².